The van der Waals surface area contributed by atoms with Gasteiger partial charge in [0.25, 0.3) is 0 Å². The first kappa shape index (κ1) is 25.8. The summed E-state index contributed by atoms with van der Waals surface area (Å²) >= 11 is 0. The van der Waals surface area contributed by atoms with Crippen molar-refractivity contribution in [2.75, 3.05) is 63.3 Å². The minimum absolute atomic E-state index is 0.132. The van der Waals surface area contributed by atoms with Crippen molar-refractivity contribution in [1.29, 1.82) is 5.26 Å². The fourth-order valence-corrected chi connectivity index (χ4v) is 6.23. The minimum atomic E-state index is 0.132. The second kappa shape index (κ2) is 11.3. The van der Waals surface area contributed by atoms with Crippen LogP contribution >= 0.6 is 0 Å². The van der Waals surface area contributed by atoms with Gasteiger partial charge >= 0.3 is 6.01 Å². The van der Waals surface area contributed by atoms with Crippen LogP contribution in [0.2, 0.25) is 0 Å². The molecule has 3 aliphatic rings. The van der Waals surface area contributed by atoms with E-state index in [1.165, 1.54) is 22.0 Å². The lowest BCUT2D eigenvalue weighted by Crippen LogP contribution is -2.51. The molecule has 3 aliphatic heterocycles. The van der Waals surface area contributed by atoms with Gasteiger partial charge in [-0.05, 0) is 31.3 Å². The lowest BCUT2D eigenvalue weighted by molar-refractivity contribution is 0.111. The van der Waals surface area contributed by atoms with Crippen LogP contribution in [0.4, 0.5) is 11.5 Å². The predicted octanol–water partition coefficient (Wildman–Crippen LogP) is 2.98. The molecule has 2 fully saturated rings. The Balaban J connectivity index is 1.30. The largest absolute Gasteiger partial charge is 0.462 e. The number of nitriles is 1. The maximum atomic E-state index is 9.28. The number of benzene rings is 2. The molecule has 9 nitrogen and oxygen atoms in total. The Labute approximate surface area is 230 Å². The standard InChI is InChI=1S/C30H37N7O2/c1-35-18-24(38-2)16-23(35)20-39-30-33-27-19-36(28-9-5-7-21-6-3-4-8-25(21)28)14-11-26(27)29(34-30)37-15-13-32-22(17-37)10-12-31/h3-9,22-24,32H,10-11,13-20H2,1-2H3/t22-,23-,24+/m0/s1. The first-order valence-corrected chi connectivity index (χ1v) is 14.0. The van der Waals surface area contributed by atoms with Crippen molar-refractivity contribution in [2.45, 2.75) is 44.0 Å². The van der Waals surface area contributed by atoms with Crippen LogP contribution < -0.4 is 19.9 Å². The van der Waals surface area contributed by atoms with Crippen molar-refractivity contribution < 1.29 is 9.47 Å². The number of rotatable bonds is 7. The zero-order chi connectivity index (χ0) is 26.8. The molecule has 39 heavy (non-hydrogen) atoms. The summed E-state index contributed by atoms with van der Waals surface area (Å²) in [6, 6.07) is 18.2. The molecule has 204 valence electrons. The van der Waals surface area contributed by atoms with Crippen LogP contribution in [0.5, 0.6) is 6.01 Å². The maximum absolute atomic E-state index is 9.28. The molecule has 1 N–H and O–H groups in total. The van der Waals surface area contributed by atoms with Gasteiger partial charge in [0.05, 0.1) is 30.8 Å². The Hall–Kier alpha value is -3.45. The number of nitrogens with zero attached hydrogens (tertiary/aromatic N) is 6. The fourth-order valence-electron chi connectivity index (χ4n) is 6.23. The molecule has 0 amide bonds. The van der Waals surface area contributed by atoms with Crippen LogP contribution in [0, 0.1) is 11.3 Å². The Morgan fingerprint density at radius 1 is 1.08 bits per heavy atom. The molecule has 2 saturated heterocycles. The van der Waals surface area contributed by atoms with E-state index >= 15 is 0 Å². The van der Waals surface area contributed by atoms with E-state index in [0.717, 1.165) is 57.1 Å². The number of fused-ring (bicyclic) bond motifs is 2. The molecular weight excluding hydrogens is 490 g/mol. The van der Waals surface area contributed by atoms with Crippen molar-refractivity contribution >= 4 is 22.3 Å². The average Bonchev–Trinajstić information content (AvgIpc) is 3.34. The van der Waals surface area contributed by atoms with Crippen molar-refractivity contribution in [3.05, 3.63) is 53.7 Å². The van der Waals surface area contributed by atoms with Crippen LogP contribution in [0.3, 0.4) is 0 Å². The third kappa shape index (κ3) is 5.37. The van der Waals surface area contributed by atoms with Crippen molar-refractivity contribution in [1.82, 2.24) is 20.2 Å². The number of likely N-dealkylation sites (tertiary alicyclic amines) is 1. The van der Waals surface area contributed by atoms with Gasteiger partial charge in [-0.1, -0.05) is 36.4 Å². The van der Waals surface area contributed by atoms with E-state index in [1.54, 1.807) is 7.11 Å². The number of methoxy groups -OCH3 is 1. The number of hydrogen-bond acceptors (Lipinski definition) is 9. The van der Waals surface area contributed by atoms with Crippen molar-refractivity contribution in [2.24, 2.45) is 0 Å². The van der Waals surface area contributed by atoms with Gasteiger partial charge in [-0.15, -0.1) is 0 Å². The summed E-state index contributed by atoms with van der Waals surface area (Å²) in [6.07, 6.45) is 2.52. The molecule has 0 unspecified atom stereocenters. The molecule has 6 rings (SSSR count). The Morgan fingerprint density at radius 2 is 1.95 bits per heavy atom. The Morgan fingerprint density at radius 3 is 2.79 bits per heavy atom. The SMILES string of the molecule is CO[C@@H]1C[C@@H](COc2nc3c(c(N4CCN[C@@H](CC#N)C4)n2)CCN(c2cccc4ccccc24)C3)N(C)C1. The number of likely N-dealkylation sites (N-methyl/N-ethyl adjacent to an activating group) is 1. The third-order valence-corrected chi connectivity index (χ3v) is 8.41. The summed E-state index contributed by atoms with van der Waals surface area (Å²) < 4.78 is 11.9. The zero-order valence-corrected chi connectivity index (χ0v) is 22.8. The van der Waals surface area contributed by atoms with E-state index in [-0.39, 0.29) is 18.2 Å². The summed E-state index contributed by atoms with van der Waals surface area (Å²) in [5.74, 6) is 0.964. The van der Waals surface area contributed by atoms with E-state index < -0.39 is 0 Å². The maximum Gasteiger partial charge on any atom is 0.318 e. The number of piperazine rings is 1. The molecular formula is C30H37N7O2. The zero-order valence-electron chi connectivity index (χ0n) is 22.8. The number of ether oxygens (including phenoxy) is 2. The molecule has 0 radical (unpaired) electrons. The monoisotopic (exact) mass is 527 g/mol. The molecule has 0 aliphatic carbocycles. The molecule has 4 heterocycles. The third-order valence-electron chi connectivity index (χ3n) is 8.41. The summed E-state index contributed by atoms with van der Waals surface area (Å²) in [4.78, 5) is 17.0. The molecule has 0 saturated carbocycles. The Bertz CT molecular complexity index is 1350. The highest BCUT2D eigenvalue weighted by atomic mass is 16.5. The number of hydrogen-bond donors (Lipinski definition) is 1. The summed E-state index contributed by atoms with van der Waals surface area (Å²) in [6.45, 7) is 5.47. The molecule has 1 aromatic heterocycles. The highest BCUT2D eigenvalue weighted by Gasteiger charge is 2.32. The van der Waals surface area contributed by atoms with Crippen LogP contribution in [0.1, 0.15) is 24.1 Å². The van der Waals surface area contributed by atoms with E-state index in [9.17, 15) is 5.26 Å². The second-order valence-corrected chi connectivity index (χ2v) is 10.9. The van der Waals surface area contributed by atoms with E-state index in [4.69, 9.17) is 19.4 Å². The summed E-state index contributed by atoms with van der Waals surface area (Å²) in [5.41, 5.74) is 3.46. The lowest BCUT2D eigenvalue weighted by atomic mass is 10.0. The molecule has 0 bridgehead atoms. The van der Waals surface area contributed by atoms with Crippen LogP contribution in [-0.2, 0) is 17.7 Å². The first-order chi connectivity index (χ1) is 19.1. The predicted molar refractivity (Wildman–Crippen MR) is 152 cm³/mol. The van der Waals surface area contributed by atoms with E-state index in [0.29, 0.717) is 25.6 Å². The number of anilines is 2. The van der Waals surface area contributed by atoms with Gasteiger partial charge in [-0.3, -0.25) is 4.90 Å². The number of nitrogens with one attached hydrogen (secondary N) is 1. The van der Waals surface area contributed by atoms with Gasteiger partial charge in [0.15, 0.2) is 0 Å². The van der Waals surface area contributed by atoms with Gasteiger partial charge in [-0.25, -0.2) is 0 Å². The smallest absolute Gasteiger partial charge is 0.318 e. The van der Waals surface area contributed by atoms with Gasteiger partial charge in [0.1, 0.15) is 12.4 Å². The molecule has 0 spiro atoms. The fraction of sp³-hybridized carbons (Fsp3) is 0.500. The molecule has 3 atom stereocenters. The second-order valence-electron chi connectivity index (χ2n) is 10.9. The van der Waals surface area contributed by atoms with Crippen LogP contribution in [0.15, 0.2) is 42.5 Å². The lowest BCUT2D eigenvalue weighted by Gasteiger charge is -2.37. The van der Waals surface area contributed by atoms with Crippen LogP contribution in [0.25, 0.3) is 10.8 Å². The quantitative estimate of drug-likeness (QED) is 0.498. The topological polar surface area (TPSA) is 89.8 Å². The molecule has 9 heteroatoms. The first-order valence-electron chi connectivity index (χ1n) is 14.0. The summed E-state index contributed by atoms with van der Waals surface area (Å²) in [7, 11) is 3.89. The summed E-state index contributed by atoms with van der Waals surface area (Å²) in [5, 5.41) is 15.3. The molecule has 3 aromatic rings. The number of aromatic nitrogens is 2. The van der Waals surface area contributed by atoms with E-state index in [1.807, 2.05) is 0 Å². The van der Waals surface area contributed by atoms with Gasteiger partial charge in [-0.2, -0.15) is 15.2 Å². The van der Waals surface area contributed by atoms with Crippen LogP contribution in [-0.4, -0.2) is 86.5 Å². The normalized spacial score (nSPS) is 23.6. The average molecular weight is 528 g/mol. The van der Waals surface area contributed by atoms with Gasteiger partial charge in [0.2, 0.25) is 0 Å². The van der Waals surface area contributed by atoms with E-state index in [2.05, 4.69) is 75.6 Å². The molecule has 2 aromatic carbocycles. The van der Waals surface area contributed by atoms with Crippen molar-refractivity contribution in [3.8, 4) is 12.1 Å². The van der Waals surface area contributed by atoms with Gasteiger partial charge < -0.3 is 24.6 Å². The minimum Gasteiger partial charge on any atom is -0.462 e. The van der Waals surface area contributed by atoms with Crippen molar-refractivity contribution in [3.63, 3.8) is 0 Å². The van der Waals surface area contributed by atoms with Gasteiger partial charge in [0, 0.05) is 68.6 Å². The highest BCUT2D eigenvalue weighted by molar-refractivity contribution is 5.94. The highest BCUT2D eigenvalue weighted by Crippen LogP contribution is 2.34. The Kier molecular flexibility index (Phi) is 7.51.